The summed E-state index contributed by atoms with van der Waals surface area (Å²) in [6, 6.07) is 70.3. The Morgan fingerprint density at radius 3 is 1.29 bits per heavy atom. The first-order chi connectivity index (χ1) is 25.8. The lowest BCUT2D eigenvalue weighted by Crippen LogP contribution is -2.13. The zero-order valence-electron chi connectivity index (χ0n) is 28.2. The number of para-hydroxylation sites is 4. The van der Waals surface area contributed by atoms with Crippen molar-refractivity contribution in [3.8, 4) is 11.1 Å². The molecule has 0 atom stereocenters. The second-order valence-corrected chi connectivity index (χ2v) is 15.1. The summed E-state index contributed by atoms with van der Waals surface area (Å²) >= 11 is 3.73. The fraction of sp³-hybridized carbons (Fsp3) is 0. The third-order valence-electron chi connectivity index (χ3n) is 9.80. The van der Waals surface area contributed by atoms with E-state index in [1.807, 2.05) is 22.7 Å². The van der Waals surface area contributed by atoms with Crippen LogP contribution in [-0.4, -0.2) is 0 Å². The maximum Gasteiger partial charge on any atom is 0.0661 e. The van der Waals surface area contributed by atoms with Gasteiger partial charge in [0.05, 0.1) is 10.4 Å². The molecule has 0 aliphatic rings. The largest absolute Gasteiger partial charge is 0.310 e. The summed E-state index contributed by atoms with van der Waals surface area (Å²) in [7, 11) is 0. The third kappa shape index (κ3) is 5.32. The van der Waals surface area contributed by atoms with Gasteiger partial charge in [-0.15, -0.1) is 22.7 Å². The van der Waals surface area contributed by atoms with E-state index in [-0.39, 0.29) is 0 Å². The van der Waals surface area contributed by atoms with Crippen molar-refractivity contribution in [3.63, 3.8) is 0 Å². The van der Waals surface area contributed by atoms with Crippen molar-refractivity contribution >= 4 is 97.1 Å². The average molecular weight is 701 g/mol. The average Bonchev–Trinajstić information content (AvgIpc) is 3.78. The van der Waals surface area contributed by atoms with Crippen molar-refractivity contribution in [2.75, 3.05) is 9.80 Å². The minimum atomic E-state index is 1.10. The molecular weight excluding hydrogens is 669 g/mol. The van der Waals surface area contributed by atoms with Gasteiger partial charge in [0.15, 0.2) is 0 Å². The first kappa shape index (κ1) is 30.6. The lowest BCUT2D eigenvalue weighted by molar-refractivity contribution is 1.26. The number of fused-ring (bicyclic) bond motifs is 6. The molecule has 0 saturated carbocycles. The number of hydrogen-bond acceptors (Lipinski definition) is 4. The van der Waals surface area contributed by atoms with Crippen LogP contribution >= 0.6 is 22.7 Å². The van der Waals surface area contributed by atoms with E-state index in [4.69, 9.17) is 0 Å². The monoisotopic (exact) mass is 700 g/mol. The fourth-order valence-electron chi connectivity index (χ4n) is 7.41. The molecule has 0 spiro atoms. The topological polar surface area (TPSA) is 6.48 Å². The molecule has 0 N–H and O–H groups in total. The van der Waals surface area contributed by atoms with Gasteiger partial charge in [-0.1, -0.05) is 103 Å². The van der Waals surface area contributed by atoms with Crippen LogP contribution < -0.4 is 9.80 Å². The molecule has 0 aliphatic carbocycles. The lowest BCUT2D eigenvalue weighted by atomic mass is 10.00. The van der Waals surface area contributed by atoms with Gasteiger partial charge in [0.25, 0.3) is 0 Å². The van der Waals surface area contributed by atoms with Gasteiger partial charge >= 0.3 is 0 Å². The maximum absolute atomic E-state index is 2.41. The quantitative estimate of drug-likeness (QED) is 0.163. The standard InChI is InChI=1S/C48H32N2S2/c1-5-15-35(16-6-1)49(36-17-7-2-8-18-36)39-31-43-42-30-34(33-25-27-46-41(29-33)40-23-13-14-24-45(40)51-46)26-28-47(42)52-48(43)44(32-39)50(37-19-9-3-10-20-37)38-21-11-4-12-22-38/h1-32H. The number of benzene rings is 8. The predicted molar refractivity (Wildman–Crippen MR) is 227 cm³/mol. The van der Waals surface area contributed by atoms with E-state index in [9.17, 15) is 0 Å². The molecule has 8 aromatic carbocycles. The highest BCUT2D eigenvalue weighted by Crippen LogP contribution is 2.49. The van der Waals surface area contributed by atoms with Gasteiger partial charge in [0, 0.05) is 64.1 Å². The minimum Gasteiger partial charge on any atom is -0.310 e. The van der Waals surface area contributed by atoms with Crippen LogP contribution in [-0.2, 0) is 0 Å². The normalized spacial score (nSPS) is 11.5. The first-order valence-electron chi connectivity index (χ1n) is 17.5. The van der Waals surface area contributed by atoms with Crippen molar-refractivity contribution < 1.29 is 0 Å². The van der Waals surface area contributed by atoms with Crippen LogP contribution in [0.15, 0.2) is 194 Å². The first-order valence-corrected chi connectivity index (χ1v) is 19.1. The summed E-state index contributed by atoms with van der Waals surface area (Å²) in [5.41, 5.74) is 9.17. The molecule has 0 saturated heterocycles. The highest BCUT2D eigenvalue weighted by Gasteiger charge is 2.23. The van der Waals surface area contributed by atoms with Crippen LogP contribution in [0.4, 0.5) is 34.1 Å². The Balaban J connectivity index is 1.25. The zero-order valence-corrected chi connectivity index (χ0v) is 29.8. The van der Waals surface area contributed by atoms with E-state index in [2.05, 4.69) is 204 Å². The van der Waals surface area contributed by atoms with Crippen LogP contribution in [0.1, 0.15) is 0 Å². The lowest BCUT2D eigenvalue weighted by Gasteiger charge is -2.30. The molecule has 0 fully saturated rings. The molecule has 2 heterocycles. The Morgan fingerprint density at radius 1 is 0.288 bits per heavy atom. The predicted octanol–water partition coefficient (Wildman–Crippen LogP) is 15.0. The van der Waals surface area contributed by atoms with Crippen LogP contribution in [0, 0.1) is 0 Å². The van der Waals surface area contributed by atoms with Crippen molar-refractivity contribution in [1.82, 2.24) is 0 Å². The van der Waals surface area contributed by atoms with E-state index in [0.717, 1.165) is 34.1 Å². The summed E-state index contributed by atoms with van der Waals surface area (Å²) in [4.78, 5) is 4.78. The summed E-state index contributed by atoms with van der Waals surface area (Å²) < 4.78 is 5.18. The Kier molecular flexibility index (Phi) is 7.56. The summed E-state index contributed by atoms with van der Waals surface area (Å²) in [6.45, 7) is 0. The highest BCUT2D eigenvalue weighted by molar-refractivity contribution is 7.26. The smallest absolute Gasteiger partial charge is 0.0661 e. The Morgan fingerprint density at radius 2 is 0.731 bits per heavy atom. The van der Waals surface area contributed by atoms with Crippen LogP contribution in [0.5, 0.6) is 0 Å². The molecule has 10 aromatic rings. The van der Waals surface area contributed by atoms with E-state index < -0.39 is 0 Å². The van der Waals surface area contributed by atoms with Crippen molar-refractivity contribution in [2.24, 2.45) is 0 Å². The second kappa shape index (κ2) is 12.8. The van der Waals surface area contributed by atoms with Crippen molar-refractivity contribution in [3.05, 3.63) is 194 Å². The van der Waals surface area contributed by atoms with Crippen molar-refractivity contribution in [2.45, 2.75) is 0 Å². The van der Waals surface area contributed by atoms with E-state index in [1.165, 1.54) is 51.5 Å². The number of nitrogens with zero attached hydrogens (tertiary/aromatic N) is 2. The van der Waals surface area contributed by atoms with Crippen LogP contribution in [0.25, 0.3) is 51.5 Å². The summed E-state index contributed by atoms with van der Waals surface area (Å²) in [5, 5.41) is 5.15. The van der Waals surface area contributed by atoms with Gasteiger partial charge in [0.1, 0.15) is 0 Å². The SMILES string of the molecule is c1ccc(N(c2ccccc2)c2cc(N(c3ccccc3)c3ccccc3)c3sc4ccc(-c5ccc6sc7ccccc7c6c5)cc4c3c2)cc1. The number of hydrogen-bond donors (Lipinski definition) is 0. The van der Waals surface area contributed by atoms with Gasteiger partial charge in [-0.25, -0.2) is 0 Å². The van der Waals surface area contributed by atoms with E-state index in [0.29, 0.717) is 0 Å². The van der Waals surface area contributed by atoms with Gasteiger partial charge in [-0.05, 0) is 102 Å². The maximum atomic E-state index is 2.41. The highest BCUT2D eigenvalue weighted by atomic mass is 32.1. The molecule has 4 heteroatoms. The molecule has 2 nitrogen and oxygen atoms in total. The zero-order chi connectivity index (χ0) is 34.4. The Hall–Kier alpha value is -6.20. The van der Waals surface area contributed by atoms with Gasteiger partial charge in [-0.2, -0.15) is 0 Å². The molecule has 2 aromatic heterocycles. The molecule has 0 unspecified atom stereocenters. The number of anilines is 6. The molecule has 10 rings (SSSR count). The molecule has 52 heavy (non-hydrogen) atoms. The number of rotatable bonds is 7. The minimum absolute atomic E-state index is 1.10. The fourth-order valence-corrected chi connectivity index (χ4v) is 9.66. The molecule has 0 bridgehead atoms. The summed E-state index contributed by atoms with van der Waals surface area (Å²) in [6.07, 6.45) is 0. The van der Waals surface area contributed by atoms with Crippen LogP contribution in [0.2, 0.25) is 0 Å². The Labute approximate surface area is 310 Å². The number of thiophene rings is 2. The van der Waals surface area contributed by atoms with Gasteiger partial charge in [0.2, 0.25) is 0 Å². The van der Waals surface area contributed by atoms with Gasteiger partial charge < -0.3 is 9.80 Å². The molecule has 0 amide bonds. The second-order valence-electron chi connectivity index (χ2n) is 13.0. The molecular formula is C48H32N2S2. The molecule has 0 aliphatic heterocycles. The van der Waals surface area contributed by atoms with E-state index >= 15 is 0 Å². The Bertz CT molecular complexity index is 2760. The van der Waals surface area contributed by atoms with E-state index in [1.54, 1.807) is 0 Å². The van der Waals surface area contributed by atoms with Crippen LogP contribution in [0.3, 0.4) is 0 Å². The van der Waals surface area contributed by atoms with Gasteiger partial charge in [-0.3, -0.25) is 0 Å². The molecule has 0 radical (unpaired) electrons. The molecule has 246 valence electrons. The summed E-state index contributed by atoms with van der Waals surface area (Å²) in [5.74, 6) is 0. The third-order valence-corrected chi connectivity index (χ3v) is 12.2. The van der Waals surface area contributed by atoms with Crippen molar-refractivity contribution in [1.29, 1.82) is 0 Å².